The molecule has 1 saturated carbocycles. The van der Waals surface area contributed by atoms with Crippen LogP contribution < -0.4 is 21.1 Å². The fourth-order valence-electron chi connectivity index (χ4n) is 4.27. The Morgan fingerprint density at radius 3 is 2.50 bits per heavy atom. The molecule has 1 amide bonds. The van der Waals surface area contributed by atoms with Crippen LogP contribution in [-0.4, -0.2) is 46.7 Å². The molecule has 0 radical (unpaired) electrons. The zero-order valence-corrected chi connectivity index (χ0v) is 19.3. The van der Waals surface area contributed by atoms with Crippen molar-refractivity contribution in [2.45, 2.75) is 44.8 Å². The van der Waals surface area contributed by atoms with Crippen molar-refractivity contribution in [1.29, 1.82) is 0 Å². The minimum atomic E-state index is -0.234. The Balaban J connectivity index is 1.56. The second-order valence-corrected chi connectivity index (χ2v) is 9.10. The van der Waals surface area contributed by atoms with Crippen LogP contribution in [0.25, 0.3) is 5.69 Å². The maximum atomic E-state index is 13.5. The highest BCUT2D eigenvalue weighted by Gasteiger charge is 2.29. The molecule has 176 valence electrons. The number of anilines is 1. The number of ether oxygens (including phenoxy) is 1. The van der Waals surface area contributed by atoms with Crippen molar-refractivity contribution in [3.8, 4) is 11.6 Å². The summed E-state index contributed by atoms with van der Waals surface area (Å²) in [5.41, 5.74) is 9.40. The molecule has 1 aromatic heterocycles. The summed E-state index contributed by atoms with van der Waals surface area (Å²) in [6.45, 7) is 3.87. The lowest BCUT2D eigenvalue weighted by Crippen LogP contribution is -2.86. The molecule has 0 atom stereocenters. The molecular weight excluding hydrogens is 430 g/mol. The van der Waals surface area contributed by atoms with Crippen molar-refractivity contribution in [2.24, 2.45) is 0 Å². The second kappa shape index (κ2) is 9.30. The Bertz CT molecular complexity index is 1210. The minimum absolute atomic E-state index is 0.0215. The van der Waals surface area contributed by atoms with Gasteiger partial charge in [0, 0.05) is 30.0 Å². The number of aryl methyl sites for hydroxylation is 1. The van der Waals surface area contributed by atoms with Gasteiger partial charge in [-0.15, -0.1) is 5.10 Å². The largest absolute Gasteiger partial charge is 0.472 e. The SMILES string of the molecule is Cc1ccc(C(=O)NC2CC2)cc1-n1nc(OC2CC[NH2+]CC2)c(C(=O)c2ccccc2)c1N. The van der Waals surface area contributed by atoms with Gasteiger partial charge in [-0.1, -0.05) is 36.4 Å². The van der Waals surface area contributed by atoms with Gasteiger partial charge in [-0.05, 0) is 37.5 Å². The fraction of sp³-hybridized carbons (Fsp3) is 0.346. The van der Waals surface area contributed by atoms with E-state index in [4.69, 9.17) is 10.5 Å². The maximum Gasteiger partial charge on any atom is 0.251 e. The molecule has 5 N–H and O–H groups in total. The van der Waals surface area contributed by atoms with Crippen molar-refractivity contribution in [3.05, 3.63) is 70.8 Å². The molecule has 1 aliphatic heterocycles. The van der Waals surface area contributed by atoms with Crippen molar-refractivity contribution >= 4 is 17.5 Å². The molecule has 34 heavy (non-hydrogen) atoms. The molecule has 0 bridgehead atoms. The molecule has 8 nitrogen and oxygen atoms in total. The molecule has 0 spiro atoms. The predicted molar refractivity (Wildman–Crippen MR) is 128 cm³/mol. The van der Waals surface area contributed by atoms with E-state index < -0.39 is 0 Å². The zero-order valence-electron chi connectivity index (χ0n) is 19.3. The molecule has 1 saturated heterocycles. The van der Waals surface area contributed by atoms with Crippen LogP contribution in [0.4, 0.5) is 5.82 Å². The highest BCUT2D eigenvalue weighted by atomic mass is 16.5. The maximum absolute atomic E-state index is 13.5. The summed E-state index contributed by atoms with van der Waals surface area (Å²) in [5.74, 6) is 0.0894. The van der Waals surface area contributed by atoms with Gasteiger partial charge in [0.25, 0.3) is 5.91 Å². The van der Waals surface area contributed by atoms with Gasteiger partial charge in [-0.3, -0.25) is 9.59 Å². The van der Waals surface area contributed by atoms with Crippen LogP contribution in [0.1, 0.15) is 57.5 Å². The lowest BCUT2D eigenvalue weighted by molar-refractivity contribution is -0.664. The van der Waals surface area contributed by atoms with E-state index in [2.05, 4.69) is 15.7 Å². The zero-order chi connectivity index (χ0) is 23.7. The number of aromatic nitrogens is 2. The standard InChI is InChI=1S/C26H29N5O3/c1-16-7-8-18(25(33)29-19-9-10-19)15-21(16)31-24(27)22(23(32)17-5-3-2-4-6-17)26(30-31)34-20-11-13-28-14-12-20/h2-8,15,19-20,28H,9-14,27H2,1H3,(H,29,33)/p+1. The third-order valence-electron chi connectivity index (χ3n) is 6.43. The summed E-state index contributed by atoms with van der Waals surface area (Å²) in [6.07, 6.45) is 3.76. The lowest BCUT2D eigenvalue weighted by atomic mass is 10.0. The fourth-order valence-corrected chi connectivity index (χ4v) is 4.27. The van der Waals surface area contributed by atoms with Gasteiger partial charge in [0.1, 0.15) is 17.5 Å². The number of rotatable bonds is 7. The smallest absolute Gasteiger partial charge is 0.251 e. The summed E-state index contributed by atoms with van der Waals surface area (Å²) in [7, 11) is 0. The summed E-state index contributed by atoms with van der Waals surface area (Å²) >= 11 is 0. The van der Waals surface area contributed by atoms with Gasteiger partial charge in [0.15, 0.2) is 0 Å². The molecule has 2 heterocycles. The number of nitrogens with one attached hydrogen (secondary N) is 1. The van der Waals surface area contributed by atoms with Gasteiger partial charge in [-0.25, -0.2) is 4.68 Å². The Hall–Kier alpha value is -3.65. The summed E-state index contributed by atoms with van der Waals surface area (Å²) in [5, 5.41) is 9.93. The van der Waals surface area contributed by atoms with Crippen LogP contribution >= 0.6 is 0 Å². The molecule has 2 aromatic carbocycles. The van der Waals surface area contributed by atoms with E-state index in [1.165, 1.54) is 4.68 Å². The number of piperidine rings is 1. The molecular formula is C26H30N5O3+. The number of benzene rings is 2. The Morgan fingerprint density at radius 2 is 1.79 bits per heavy atom. The quantitative estimate of drug-likeness (QED) is 0.467. The summed E-state index contributed by atoms with van der Waals surface area (Å²) in [4.78, 5) is 26.1. The minimum Gasteiger partial charge on any atom is -0.472 e. The van der Waals surface area contributed by atoms with E-state index in [0.717, 1.165) is 44.3 Å². The van der Waals surface area contributed by atoms with Gasteiger partial charge >= 0.3 is 0 Å². The molecule has 0 unspecified atom stereocenters. The molecule has 2 fully saturated rings. The van der Waals surface area contributed by atoms with Crippen LogP contribution in [-0.2, 0) is 0 Å². The Kier molecular flexibility index (Phi) is 6.06. The molecule has 2 aliphatic rings. The third kappa shape index (κ3) is 4.54. The number of quaternary nitrogens is 1. The van der Waals surface area contributed by atoms with Crippen LogP contribution in [0.15, 0.2) is 48.5 Å². The number of nitrogens with two attached hydrogens (primary N) is 2. The highest BCUT2D eigenvalue weighted by molar-refractivity contribution is 6.13. The average molecular weight is 461 g/mol. The number of carbonyl (C=O) groups excluding carboxylic acids is 2. The summed E-state index contributed by atoms with van der Waals surface area (Å²) < 4.78 is 7.79. The first-order valence-corrected chi connectivity index (χ1v) is 11.9. The summed E-state index contributed by atoms with van der Waals surface area (Å²) in [6, 6.07) is 14.7. The Morgan fingerprint density at radius 1 is 1.06 bits per heavy atom. The van der Waals surface area contributed by atoms with E-state index in [0.29, 0.717) is 16.8 Å². The number of ketones is 1. The third-order valence-corrected chi connectivity index (χ3v) is 6.43. The number of hydrogen-bond donors (Lipinski definition) is 3. The monoisotopic (exact) mass is 460 g/mol. The average Bonchev–Trinajstić information content (AvgIpc) is 3.62. The molecule has 3 aromatic rings. The van der Waals surface area contributed by atoms with E-state index in [1.807, 2.05) is 31.2 Å². The van der Waals surface area contributed by atoms with Gasteiger partial charge in [0.2, 0.25) is 11.7 Å². The van der Waals surface area contributed by atoms with Crippen molar-refractivity contribution < 1.29 is 19.6 Å². The highest BCUT2D eigenvalue weighted by Crippen LogP contribution is 2.32. The van der Waals surface area contributed by atoms with E-state index in [9.17, 15) is 9.59 Å². The van der Waals surface area contributed by atoms with Crippen molar-refractivity contribution in [2.75, 3.05) is 18.8 Å². The van der Waals surface area contributed by atoms with Crippen LogP contribution in [0.5, 0.6) is 5.88 Å². The number of nitrogen functional groups attached to an aromatic ring is 1. The number of carbonyl (C=O) groups is 2. The van der Waals surface area contributed by atoms with Crippen molar-refractivity contribution in [3.63, 3.8) is 0 Å². The molecule has 5 rings (SSSR count). The second-order valence-electron chi connectivity index (χ2n) is 9.10. The van der Waals surface area contributed by atoms with Crippen LogP contribution in [0.3, 0.4) is 0 Å². The van der Waals surface area contributed by atoms with Crippen molar-refractivity contribution in [1.82, 2.24) is 15.1 Å². The number of hydrogen-bond acceptors (Lipinski definition) is 5. The Labute approximate surface area is 198 Å². The van der Waals surface area contributed by atoms with Crippen LogP contribution in [0, 0.1) is 6.92 Å². The number of amides is 1. The topological polar surface area (TPSA) is 116 Å². The van der Waals surface area contributed by atoms with Gasteiger partial charge in [0.05, 0.1) is 18.8 Å². The van der Waals surface area contributed by atoms with E-state index >= 15 is 0 Å². The predicted octanol–water partition coefficient (Wildman–Crippen LogP) is 1.99. The van der Waals surface area contributed by atoms with E-state index in [1.54, 1.807) is 24.3 Å². The normalized spacial score (nSPS) is 16.3. The van der Waals surface area contributed by atoms with Crippen LogP contribution in [0.2, 0.25) is 0 Å². The molecule has 8 heteroatoms. The number of nitrogens with zero attached hydrogens (tertiary/aromatic N) is 2. The first-order valence-electron chi connectivity index (χ1n) is 11.9. The van der Waals surface area contributed by atoms with E-state index in [-0.39, 0.29) is 41.1 Å². The first-order chi connectivity index (χ1) is 16.5. The lowest BCUT2D eigenvalue weighted by Gasteiger charge is -2.21. The molecule has 1 aliphatic carbocycles. The van der Waals surface area contributed by atoms with Gasteiger partial charge in [-0.2, -0.15) is 0 Å². The van der Waals surface area contributed by atoms with Gasteiger partial charge < -0.3 is 21.1 Å². The first kappa shape index (κ1) is 22.2.